The molecule has 4 nitrogen and oxygen atoms in total. The molecule has 0 aliphatic heterocycles. The summed E-state index contributed by atoms with van der Waals surface area (Å²) in [5.41, 5.74) is 7.75. The van der Waals surface area contributed by atoms with Crippen LogP contribution in [0, 0.1) is 0 Å². The van der Waals surface area contributed by atoms with E-state index in [2.05, 4.69) is 16.2 Å². The first kappa shape index (κ1) is 11.3. The summed E-state index contributed by atoms with van der Waals surface area (Å²) in [5.74, 6) is 2.16. The van der Waals surface area contributed by atoms with Crippen LogP contribution in [0.15, 0.2) is 28.8 Å². The Hall–Kier alpha value is -1.84. The van der Waals surface area contributed by atoms with E-state index < -0.39 is 0 Å². The molecule has 18 heavy (non-hydrogen) atoms. The van der Waals surface area contributed by atoms with Crippen molar-refractivity contribution in [1.82, 2.24) is 10.1 Å². The van der Waals surface area contributed by atoms with Gasteiger partial charge in [-0.15, -0.1) is 0 Å². The zero-order valence-electron chi connectivity index (χ0n) is 10.3. The summed E-state index contributed by atoms with van der Waals surface area (Å²) in [6.07, 6.45) is 5.36. The summed E-state index contributed by atoms with van der Waals surface area (Å²) in [7, 11) is 0. The second kappa shape index (κ2) is 4.80. The third-order valence-electron chi connectivity index (χ3n) is 3.53. The van der Waals surface area contributed by atoms with Crippen LogP contribution in [0.2, 0.25) is 0 Å². The minimum atomic E-state index is 0.537. The Morgan fingerprint density at radius 3 is 2.89 bits per heavy atom. The Labute approximate surface area is 106 Å². The lowest BCUT2D eigenvalue weighted by Gasteiger charge is -2.20. The molecule has 1 fully saturated rings. The predicted molar refractivity (Wildman–Crippen MR) is 69.2 cm³/mol. The van der Waals surface area contributed by atoms with Crippen molar-refractivity contribution in [3.63, 3.8) is 0 Å². The van der Waals surface area contributed by atoms with E-state index in [1.165, 1.54) is 24.8 Å². The number of hydrogen-bond acceptors (Lipinski definition) is 4. The number of rotatable bonds is 4. The average molecular weight is 243 g/mol. The first-order valence-corrected chi connectivity index (χ1v) is 6.48. The van der Waals surface area contributed by atoms with E-state index in [0.717, 1.165) is 30.2 Å². The molecule has 1 aliphatic rings. The van der Waals surface area contributed by atoms with Crippen LogP contribution >= 0.6 is 0 Å². The molecule has 1 aromatic carbocycles. The maximum atomic E-state index is 5.75. The van der Waals surface area contributed by atoms with Gasteiger partial charge in [-0.05, 0) is 37.0 Å². The highest BCUT2D eigenvalue weighted by atomic mass is 16.5. The van der Waals surface area contributed by atoms with Crippen molar-refractivity contribution in [2.24, 2.45) is 0 Å². The summed E-state index contributed by atoms with van der Waals surface area (Å²) in [6, 6.07) is 7.92. The monoisotopic (exact) mass is 243 g/mol. The van der Waals surface area contributed by atoms with Crippen LogP contribution in [0.5, 0.6) is 0 Å². The molecule has 1 aromatic heterocycles. The van der Waals surface area contributed by atoms with Crippen LogP contribution in [-0.4, -0.2) is 10.1 Å². The van der Waals surface area contributed by atoms with Crippen LogP contribution in [0.25, 0.3) is 0 Å². The Balaban J connectivity index is 1.61. The number of nitrogen functional groups attached to an aromatic ring is 1. The quantitative estimate of drug-likeness (QED) is 0.838. The van der Waals surface area contributed by atoms with Crippen molar-refractivity contribution in [2.45, 2.75) is 38.0 Å². The van der Waals surface area contributed by atoms with Crippen molar-refractivity contribution in [2.75, 3.05) is 5.73 Å². The van der Waals surface area contributed by atoms with Crippen LogP contribution in [0.3, 0.4) is 0 Å². The highest BCUT2D eigenvalue weighted by Gasteiger charge is 2.24. The molecule has 2 aromatic rings. The summed E-state index contributed by atoms with van der Waals surface area (Å²) >= 11 is 0. The van der Waals surface area contributed by atoms with Gasteiger partial charge in [0.25, 0.3) is 0 Å². The number of nitrogens with zero attached hydrogens (tertiary/aromatic N) is 2. The lowest BCUT2D eigenvalue weighted by Crippen LogP contribution is -2.10. The van der Waals surface area contributed by atoms with E-state index in [9.17, 15) is 0 Å². The Bertz CT molecular complexity index is 531. The molecule has 0 unspecified atom stereocenters. The minimum Gasteiger partial charge on any atom is -0.399 e. The number of benzene rings is 1. The minimum absolute atomic E-state index is 0.537. The van der Waals surface area contributed by atoms with Crippen molar-refractivity contribution < 1.29 is 4.52 Å². The van der Waals surface area contributed by atoms with E-state index in [1.54, 1.807) is 0 Å². The van der Waals surface area contributed by atoms with Gasteiger partial charge in [-0.1, -0.05) is 23.7 Å². The Morgan fingerprint density at radius 1 is 1.28 bits per heavy atom. The molecular formula is C14H17N3O. The van der Waals surface area contributed by atoms with E-state index >= 15 is 0 Å². The molecule has 94 valence electrons. The normalized spacial score (nSPS) is 15.6. The molecule has 0 saturated heterocycles. The second-order valence-corrected chi connectivity index (χ2v) is 4.92. The molecular weight excluding hydrogens is 226 g/mol. The largest absolute Gasteiger partial charge is 0.399 e. The standard InChI is InChI=1S/C14H17N3O/c15-12-6-1-3-10(9-12)7-8-13-16-14(17-18-13)11-4-2-5-11/h1,3,6,9,11H,2,4-5,7-8,15H2. The van der Waals surface area contributed by atoms with Crippen molar-refractivity contribution in [1.29, 1.82) is 0 Å². The predicted octanol–water partition coefficient (Wildman–Crippen LogP) is 2.70. The molecule has 2 N–H and O–H groups in total. The van der Waals surface area contributed by atoms with Gasteiger partial charge in [0.05, 0.1) is 0 Å². The van der Waals surface area contributed by atoms with Gasteiger partial charge in [0, 0.05) is 18.0 Å². The third kappa shape index (κ3) is 2.37. The fourth-order valence-corrected chi connectivity index (χ4v) is 2.20. The van der Waals surface area contributed by atoms with Gasteiger partial charge in [0.15, 0.2) is 5.82 Å². The SMILES string of the molecule is Nc1cccc(CCc2nc(C3CCC3)no2)c1. The van der Waals surface area contributed by atoms with Crippen molar-refractivity contribution >= 4 is 5.69 Å². The average Bonchev–Trinajstić information content (AvgIpc) is 2.73. The lowest BCUT2D eigenvalue weighted by atomic mass is 9.85. The molecule has 4 heteroatoms. The summed E-state index contributed by atoms with van der Waals surface area (Å²) in [4.78, 5) is 4.46. The van der Waals surface area contributed by atoms with Gasteiger partial charge in [0.2, 0.25) is 5.89 Å². The van der Waals surface area contributed by atoms with E-state index in [4.69, 9.17) is 10.3 Å². The van der Waals surface area contributed by atoms with E-state index in [0.29, 0.717) is 5.92 Å². The first-order valence-electron chi connectivity index (χ1n) is 6.48. The Kier molecular flexibility index (Phi) is 3.00. The lowest BCUT2D eigenvalue weighted by molar-refractivity contribution is 0.347. The highest BCUT2D eigenvalue weighted by Crippen LogP contribution is 2.34. The summed E-state index contributed by atoms with van der Waals surface area (Å²) in [5, 5.41) is 4.06. The molecule has 0 amide bonds. The number of aromatic nitrogens is 2. The number of nitrogens with two attached hydrogens (primary N) is 1. The fraction of sp³-hybridized carbons (Fsp3) is 0.429. The molecule has 1 aliphatic carbocycles. The molecule has 0 atom stereocenters. The number of anilines is 1. The van der Waals surface area contributed by atoms with Gasteiger partial charge in [-0.3, -0.25) is 0 Å². The van der Waals surface area contributed by atoms with Crippen LogP contribution < -0.4 is 5.73 Å². The maximum Gasteiger partial charge on any atom is 0.226 e. The van der Waals surface area contributed by atoms with Gasteiger partial charge in [-0.2, -0.15) is 4.98 Å². The van der Waals surface area contributed by atoms with Crippen LogP contribution in [-0.2, 0) is 12.8 Å². The highest BCUT2D eigenvalue weighted by molar-refractivity contribution is 5.40. The van der Waals surface area contributed by atoms with Gasteiger partial charge < -0.3 is 10.3 Å². The topological polar surface area (TPSA) is 64.9 Å². The summed E-state index contributed by atoms with van der Waals surface area (Å²) in [6.45, 7) is 0. The third-order valence-corrected chi connectivity index (χ3v) is 3.53. The molecule has 0 bridgehead atoms. The summed E-state index contributed by atoms with van der Waals surface area (Å²) < 4.78 is 5.28. The van der Waals surface area contributed by atoms with Crippen LogP contribution in [0.1, 0.15) is 42.5 Å². The van der Waals surface area contributed by atoms with Gasteiger partial charge >= 0.3 is 0 Å². The van der Waals surface area contributed by atoms with Crippen molar-refractivity contribution in [3.8, 4) is 0 Å². The number of aryl methyl sites for hydroxylation is 2. The van der Waals surface area contributed by atoms with E-state index in [-0.39, 0.29) is 0 Å². The van der Waals surface area contributed by atoms with E-state index in [1.807, 2.05) is 18.2 Å². The zero-order valence-corrected chi connectivity index (χ0v) is 10.3. The first-order chi connectivity index (χ1) is 8.81. The van der Waals surface area contributed by atoms with Gasteiger partial charge in [-0.25, -0.2) is 0 Å². The molecule has 1 heterocycles. The van der Waals surface area contributed by atoms with Gasteiger partial charge in [0.1, 0.15) is 0 Å². The smallest absolute Gasteiger partial charge is 0.226 e. The number of hydrogen-bond donors (Lipinski definition) is 1. The molecule has 0 radical (unpaired) electrons. The zero-order chi connectivity index (χ0) is 12.4. The fourth-order valence-electron chi connectivity index (χ4n) is 2.20. The molecule has 1 saturated carbocycles. The maximum absolute atomic E-state index is 5.75. The Morgan fingerprint density at radius 2 is 2.17 bits per heavy atom. The second-order valence-electron chi connectivity index (χ2n) is 4.92. The molecule has 0 spiro atoms. The molecule has 3 rings (SSSR count). The van der Waals surface area contributed by atoms with Crippen LogP contribution in [0.4, 0.5) is 5.69 Å². The van der Waals surface area contributed by atoms with Crippen molar-refractivity contribution in [3.05, 3.63) is 41.5 Å².